The van der Waals surface area contributed by atoms with Crippen molar-refractivity contribution in [3.63, 3.8) is 0 Å². The SMILES string of the molecule is Cc1nn(Cc2ccccc2)c(C)c1CNC(=O)C1C2CCC(C2)C1N. The molecule has 1 amide bonds. The summed E-state index contributed by atoms with van der Waals surface area (Å²) in [6.45, 7) is 5.37. The first-order valence-corrected chi connectivity index (χ1v) is 9.64. The third-order valence-electron chi connectivity index (χ3n) is 6.43. The zero-order valence-electron chi connectivity index (χ0n) is 15.6. The zero-order valence-corrected chi connectivity index (χ0v) is 15.6. The predicted octanol–water partition coefficient (Wildman–Crippen LogP) is 2.54. The van der Waals surface area contributed by atoms with Crippen molar-refractivity contribution >= 4 is 5.91 Å². The number of hydrogen-bond donors (Lipinski definition) is 2. The molecule has 2 aliphatic carbocycles. The number of hydrogen-bond acceptors (Lipinski definition) is 3. The number of rotatable bonds is 5. The number of benzene rings is 1. The van der Waals surface area contributed by atoms with Crippen LogP contribution in [-0.2, 0) is 17.9 Å². The fourth-order valence-electron chi connectivity index (χ4n) is 4.92. The van der Waals surface area contributed by atoms with E-state index in [4.69, 9.17) is 5.73 Å². The van der Waals surface area contributed by atoms with Gasteiger partial charge in [-0.25, -0.2) is 0 Å². The summed E-state index contributed by atoms with van der Waals surface area (Å²) in [4.78, 5) is 12.7. The molecule has 2 saturated carbocycles. The maximum Gasteiger partial charge on any atom is 0.225 e. The molecule has 1 heterocycles. The second kappa shape index (κ2) is 6.88. The Morgan fingerprint density at radius 1 is 1.23 bits per heavy atom. The molecule has 2 aromatic rings. The van der Waals surface area contributed by atoms with E-state index >= 15 is 0 Å². The summed E-state index contributed by atoms with van der Waals surface area (Å²) < 4.78 is 2.02. The number of aryl methyl sites for hydroxylation is 1. The lowest BCUT2D eigenvalue weighted by Gasteiger charge is -2.27. The molecule has 5 nitrogen and oxygen atoms in total. The van der Waals surface area contributed by atoms with Gasteiger partial charge in [0, 0.05) is 23.8 Å². The van der Waals surface area contributed by atoms with Gasteiger partial charge in [-0.05, 0) is 50.5 Å². The summed E-state index contributed by atoms with van der Waals surface area (Å²) in [5.41, 5.74) is 10.7. The maximum absolute atomic E-state index is 12.7. The minimum Gasteiger partial charge on any atom is -0.352 e. The molecule has 5 heteroatoms. The molecular formula is C21H28N4O. The number of fused-ring (bicyclic) bond motifs is 2. The fraction of sp³-hybridized carbons (Fsp3) is 0.524. The van der Waals surface area contributed by atoms with Crippen molar-refractivity contribution in [3.8, 4) is 0 Å². The molecule has 4 atom stereocenters. The number of carbonyl (C=O) groups is 1. The Morgan fingerprint density at radius 3 is 2.65 bits per heavy atom. The molecule has 0 spiro atoms. The first-order chi connectivity index (χ1) is 12.5. The van der Waals surface area contributed by atoms with Gasteiger partial charge in [-0.15, -0.1) is 0 Å². The summed E-state index contributed by atoms with van der Waals surface area (Å²) in [6, 6.07) is 10.4. The van der Waals surface area contributed by atoms with Gasteiger partial charge in [-0.3, -0.25) is 9.48 Å². The van der Waals surface area contributed by atoms with Crippen molar-refractivity contribution in [1.29, 1.82) is 0 Å². The lowest BCUT2D eigenvalue weighted by molar-refractivity contribution is -0.127. The minimum absolute atomic E-state index is 0.00581. The van der Waals surface area contributed by atoms with Crippen LogP contribution in [0.1, 0.15) is 41.8 Å². The van der Waals surface area contributed by atoms with Gasteiger partial charge in [0.05, 0.1) is 18.2 Å². The average molecular weight is 352 g/mol. The van der Waals surface area contributed by atoms with Gasteiger partial charge in [-0.1, -0.05) is 30.3 Å². The zero-order chi connectivity index (χ0) is 18.3. The monoisotopic (exact) mass is 352 g/mol. The molecule has 0 radical (unpaired) electrons. The normalized spacial score (nSPS) is 27.0. The molecule has 1 aromatic carbocycles. The third-order valence-corrected chi connectivity index (χ3v) is 6.43. The lowest BCUT2D eigenvalue weighted by Crippen LogP contribution is -2.45. The van der Waals surface area contributed by atoms with Crippen molar-refractivity contribution in [2.45, 2.75) is 52.2 Å². The third kappa shape index (κ3) is 3.05. The van der Waals surface area contributed by atoms with Crippen LogP contribution >= 0.6 is 0 Å². The highest BCUT2D eigenvalue weighted by Crippen LogP contribution is 2.47. The number of nitrogens with zero attached hydrogens (tertiary/aromatic N) is 2. The van der Waals surface area contributed by atoms with Gasteiger partial charge in [0.15, 0.2) is 0 Å². The summed E-state index contributed by atoms with van der Waals surface area (Å²) in [7, 11) is 0. The van der Waals surface area contributed by atoms with E-state index in [0.29, 0.717) is 18.4 Å². The molecule has 2 aliphatic rings. The maximum atomic E-state index is 12.7. The van der Waals surface area contributed by atoms with Crippen LogP contribution in [-0.4, -0.2) is 21.7 Å². The number of nitrogens with one attached hydrogen (secondary N) is 1. The Bertz CT molecular complexity index is 796. The molecule has 4 rings (SSSR count). The average Bonchev–Trinajstić information content (AvgIpc) is 3.29. The molecule has 0 saturated heterocycles. The summed E-state index contributed by atoms with van der Waals surface area (Å²) in [5, 5.41) is 7.82. The Hall–Kier alpha value is -2.14. The van der Waals surface area contributed by atoms with Crippen molar-refractivity contribution in [2.24, 2.45) is 23.5 Å². The fourth-order valence-corrected chi connectivity index (χ4v) is 4.92. The largest absolute Gasteiger partial charge is 0.352 e. The van der Waals surface area contributed by atoms with Gasteiger partial charge in [0.1, 0.15) is 0 Å². The van der Waals surface area contributed by atoms with E-state index < -0.39 is 0 Å². The Morgan fingerprint density at radius 2 is 1.96 bits per heavy atom. The Balaban J connectivity index is 1.43. The van der Waals surface area contributed by atoms with Gasteiger partial charge in [0.2, 0.25) is 5.91 Å². The lowest BCUT2D eigenvalue weighted by atomic mass is 9.84. The van der Waals surface area contributed by atoms with Crippen LogP contribution in [0.25, 0.3) is 0 Å². The number of carbonyl (C=O) groups excluding carboxylic acids is 1. The van der Waals surface area contributed by atoms with Crippen LogP contribution in [0, 0.1) is 31.6 Å². The van der Waals surface area contributed by atoms with E-state index in [-0.39, 0.29) is 17.9 Å². The standard InChI is InChI=1S/C21H28N4O/c1-13-18(14(2)25(24-13)12-15-6-4-3-5-7-15)11-23-21(26)19-16-8-9-17(10-16)20(19)22/h3-7,16-17,19-20H,8-12,22H2,1-2H3,(H,23,26). The quantitative estimate of drug-likeness (QED) is 0.868. The van der Waals surface area contributed by atoms with E-state index in [0.717, 1.165) is 36.3 Å². The second-order valence-corrected chi connectivity index (χ2v) is 7.95. The van der Waals surface area contributed by atoms with E-state index in [9.17, 15) is 4.79 Å². The van der Waals surface area contributed by atoms with Gasteiger partial charge < -0.3 is 11.1 Å². The van der Waals surface area contributed by atoms with Crippen molar-refractivity contribution in [2.75, 3.05) is 0 Å². The Labute approximate surface area is 155 Å². The summed E-state index contributed by atoms with van der Waals surface area (Å²) >= 11 is 0. The predicted molar refractivity (Wildman–Crippen MR) is 101 cm³/mol. The second-order valence-electron chi connectivity index (χ2n) is 7.95. The number of nitrogens with two attached hydrogens (primary N) is 1. The molecular weight excluding hydrogens is 324 g/mol. The van der Waals surface area contributed by atoms with Crippen LogP contribution in [0.3, 0.4) is 0 Å². The van der Waals surface area contributed by atoms with Gasteiger partial charge in [-0.2, -0.15) is 5.10 Å². The van der Waals surface area contributed by atoms with E-state index in [1.165, 1.54) is 12.0 Å². The molecule has 2 bridgehead atoms. The van der Waals surface area contributed by atoms with Crippen LogP contribution in [0.15, 0.2) is 30.3 Å². The first-order valence-electron chi connectivity index (χ1n) is 9.64. The molecule has 2 fully saturated rings. The van der Waals surface area contributed by atoms with Gasteiger partial charge >= 0.3 is 0 Å². The summed E-state index contributed by atoms with van der Waals surface area (Å²) in [5.74, 6) is 1.15. The van der Waals surface area contributed by atoms with Crippen molar-refractivity contribution < 1.29 is 4.79 Å². The molecule has 4 unspecified atom stereocenters. The van der Waals surface area contributed by atoms with Crippen molar-refractivity contribution in [1.82, 2.24) is 15.1 Å². The molecule has 0 aliphatic heterocycles. The highest BCUT2D eigenvalue weighted by Gasteiger charge is 2.48. The Kier molecular flexibility index (Phi) is 4.57. The minimum atomic E-state index is -0.00581. The molecule has 26 heavy (non-hydrogen) atoms. The van der Waals surface area contributed by atoms with Crippen molar-refractivity contribution in [3.05, 3.63) is 52.8 Å². The van der Waals surface area contributed by atoms with Crippen LogP contribution in [0.2, 0.25) is 0 Å². The van der Waals surface area contributed by atoms with Gasteiger partial charge in [0.25, 0.3) is 0 Å². The summed E-state index contributed by atoms with van der Waals surface area (Å²) in [6.07, 6.45) is 3.48. The van der Waals surface area contributed by atoms with Crippen LogP contribution in [0.5, 0.6) is 0 Å². The molecule has 1 aromatic heterocycles. The number of aromatic nitrogens is 2. The van der Waals surface area contributed by atoms with E-state index in [1.807, 2.05) is 29.8 Å². The first kappa shape index (κ1) is 17.3. The highest BCUT2D eigenvalue weighted by molar-refractivity contribution is 5.80. The number of amides is 1. The van der Waals surface area contributed by atoms with E-state index in [1.54, 1.807) is 0 Å². The van der Waals surface area contributed by atoms with Crippen LogP contribution in [0.4, 0.5) is 0 Å². The topological polar surface area (TPSA) is 72.9 Å². The molecule has 3 N–H and O–H groups in total. The smallest absolute Gasteiger partial charge is 0.225 e. The highest BCUT2D eigenvalue weighted by atomic mass is 16.1. The van der Waals surface area contributed by atoms with Crippen LogP contribution < -0.4 is 11.1 Å². The molecule has 138 valence electrons. The van der Waals surface area contributed by atoms with E-state index in [2.05, 4.69) is 29.5 Å².